The van der Waals surface area contributed by atoms with Crippen LogP contribution in [-0.4, -0.2) is 24.7 Å². The molecule has 0 fully saturated rings. The zero-order valence-corrected chi connectivity index (χ0v) is 9.83. The van der Waals surface area contributed by atoms with Gasteiger partial charge < -0.3 is 16.5 Å². The molecule has 0 aromatic carbocycles. The van der Waals surface area contributed by atoms with Crippen molar-refractivity contribution in [2.24, 2.45) is 12.8 Å². The van der Waals surface area contributed by atoms with Crippen molar-refractivity contribution in [1.29, 1.82) is 0 Å². The van der Waals surface area contributed by atoms with Crippen LogP contribution >= 0.6 is 0 Å². The highest BCUT2D eigenvalue weighted by atomic mass is 15.2. The zero-order chi connectivity index (χ0) is 12.7. The Balaban J connectivity index is 2.03. The predicted octanol–water partition coefficient (Wildman–Crippen LogP) is 0.322. The number of hydrogen-bond donors (Lipinski definition) is 3. The van der Waals surface area contributed by atoms with Gasteiger partial charge in [0, 0.05) is 18.8 Å². The van der Waals surface area contributed by atoms with E-state index in [0.29, 0.717) is 17.3 Å². The molecule has 1 atom stereocenters. The maximum absolute atomic E-state index is 6.13. The summed E-state index contributed by atoms with van der Waals surface area (Å²) in [5.41, 5.74) is 14.0. The van der Waals surface area contributed by atoms with Crippen molar-refractivity contribution in [3.8, 4) is 0 Å². The lowest BCUT2D eigenvalue weighted by Gasteiger charge is -2.04. The first-order valence-corrected chi connectivity index (χ1v) is 5.50. The number of aryl methyl sites for hydroxylation is 1. The summed E-state index contributed by atoms with van der Waals surface area (Å²) < 4.78 is 1.70. The van der Waals surface area contributed by atoms with E-state index in [9.17, 15) is 0 Å². The van der Waals surface area contributed by atoms with Gasteiger partial charge in [-0.1, -0.05) is 0 Å². The molecule has 3 aromatic rings. The van der Waals surface area contributed by atoms with Crippen LogP contribution in [0.5, 0.6) is 0 Å². The fourth-order valence-corrected chi connectivity index (χ4v) is 1.83. The fourth-order valence-electron chi connectivity index (χ4n) is 1.83. The highest BCUT2D eigenvalue weighted by Gasteiger charge is 2.15. The zero-order valence-electron chi connectivity index (χ0n) is 9.83. The van der Waals surface area contributed by atoms with Gasteiger partial charge in [-0.2, -0.15) is 5.10 Å². The van der Waals surface area contributed by atoms with Gasteiger partial charge in [0.1, 0.15) is 11.6 Å². The molecule has 0 saturated carbocycles. The molecule has 18 heavy (non-hydrogen) atoms. The Hall–Kier alpha value is -2.41. The van der Waals surface area contributed by atoms with Crippen LogP contribution in [0, 0.1) is 0 Å². The number of fused-ring (bicyclic) bond motifs is 1. The minimum atomic E-state index is -0.353. The second kappa shape index (κ2) is 3.81. The molecule has 92 valence electrons. The summed E-state index contributed by atoms with van der Waals surface area (Å²) in [4.78, 5) is 11.6. The number of rotatable bonds is 2. The topological polar surface area (TPSA) is 111 Å². The van der Waals surface area contributed by atoms with E-state index in [0.717, 1.165) is 11.1 Å². The van der Waals surface area contributed by atoms with Gasteiger partial charge in [0.25, 0.3) is 0 Å². The Bertz CT molecular complexity index is 696. The quantitative estimate of drug-likeness (QED) is 0.600. The Morgan fingerprint density at radius 1 is 1.33 bits per heavy atom. The first-order valence-electron chi connectivity index (χ1n) is 5.50. The van der Waals surface area contributed by atoms with Crippen LogP contribution in [0.1, 0.15) is 17.4 Å². The monoisotopic (exact) mass is 243 g/mol. The van der Waals surface area contributed by atoms with E-state index in [1.165, 1.54) is 0 Å². The van der Waals surface area contributed by atoms with Crippen LogP contribution in [0.4, 0.5) is 5.82 Å². The standard InChI is InChI=1S/C11H13N7/c1-18-5-6(4-14-18)9(13)11-15-7-2-3-8(12)16-10(7)17-11/h2-5,9H,13H2,1H3,(H3,12,15,16,17). The SMILES string of the molecule is Cn1cc(C(N)c2nc3nc(N)ccc3[nH]2)cn1. The fraction of sp³-hybridized carbons (Fsp3) is 0.182. The smallest absolute Gasteiger partial charge is 0.179 e. The predicted molar refractivity (Wildman–Crippen MR) is 67.5 cm³/mol. The lowest BCUT2D eigenvalue weighted by Crippen LogP contribution is -2.12. The number of hydrogen-bond acceptors (Lipinski definition) is 5. The number of aromatic amines is 1. The largest absolute Gasteiger partial charge is 0.384 e. The summed E-state index contributed by atoms with van der Waals surface area (Å²) >= 11 is 0. The van der Waals surface area contributed by atoms with E-state index in [1.807, 2.05) is 19.3 Å². The van der Waals surface area contributed by atoms with Crippen molar-refractivity contribution in [3.63, 3.8) is 0 Å². The molecule has 0 aliphatic carbocycles. The minimum absolute atomic E-state index is 0.353. The van der Waals surface area contributed by atoms with Gasteiger partial charge in [-0.25, -0.2) is 9.97 Å². The first kappa shape index (κ1) is 10.7. The number of anilines is 1. The van der Waals surface area contributed by atoms with Gasteiger partial charge in [-0.05, 0) is 12.1 Å². The lowest BCUT2D eigenvalue weighted by molar-refractivity contribution is 0.761. The van der Waals surface area contributed by atoms with Gasteiger partial charge in [-0.15, -0.1) is 0 Å². The summed E-state index contributed by atoms with van der Waals surface area (Å²) in [6, 6.07) is 3.21. The number of H-pyrrole nitrogens is 1. The molecule has 7 nitrogen and oxygen atoms in total. The van der Waals surface area contributed by atoms with Crippen molar-refractivity contribution in [2.75, 3.05) is 5.73 Å². The van der Waals surface area contributed by atoms with Gasteiger partial charge in [-0.3, -0.25) is 4.68 Å². The number of nitrogen functional groups attached to an aromatic ring is 1. The molecule has 0 saturated heterocycles. The molecule has 0 spiro atoms. The molecule has 7 heteroatoms. The van der Waals surface area contributed by atoms with Crippen molar-refractivity contribution in [2.45, 2.75) is 6.04 Å². The third-order valence-corrected chi connectivity index (χ3v) is 2.76. The molecule has 5 N–H and O–H groups in total. The highest BCUT2D eigenvalue weighted by molar-refractivity contribution is 5.72. The van der Waals surface area contributed by atoms with E-state index < -0.39 is 0 Å². The molecule has 0 bridgehead atoms. The Morgan fingerprint density at radius 3 is 2.89 bits per heavy atom. The number of pyridine rings is 1. The molecule has 0 radical (unpaired) electrons. The van der Waals surface area contributed by atoms with Crippen LogP contribution in [0.3, 0.4) is 0 Å². The Kier molecular flexibility index (Phi) is 2.27. The minimum Gasteiger partial charge on any atom is -0.384 e. The third kappa shape index (κ3) is 1.70. The van der Waals surface area contributed by atoms with E-state index in [2.05, 4.69) is 20.1 Å². The number of nitrogens with two attached hydrogens (primary N) is 2. The maximum atomic E-state index is 6.13. The van der Waals surface area contributed by atoms with Crippen LogP contribution in [0.15, 0.2) is 24.5 Å². The molecule has 3 aromatic heterocycles. The van der Waals surface area contributed by atoms with Gasteiger partial charge in [0.2, 0.25) is 0 Å². The van der Waals surface area contributed by atoms with E-state index in [-0.39, 0.29) is 6.04 Å². The molecule has 0 amide bonds. The lowest BCUT2D eigenvalue weighted by atomic mass is 10.2. The number of nitrogens with zero attached hydrogens (tertiary/aromatic N) is 4. The number of imidazole rings is 1. The van der Waals surface area contributed by atoms with Crippen LogP contribution in [0.2, 0.25) is 0 Å². The van der Waals surface area contributed by atoms with Gasteiger partial charge in [0.15, 0.2) is 5.65 Å². The van der Waals surface area contributed by atoms with Gasteiger partial charge >= 0.3 is 0 Å². The average Bonchev–Trinajstić information content (AvgIpc) is 2.93. The van der Waals surface area contributed by atoms with Crippen molar-refractivity contribution in [3.05, 3.63) is 35.9 Å². The second-order valence-electron chi connectivity index (χ2n) is 4.15. The molecule has 3 rings (SSSR count). The summed E-state index contributed by atoms with van der Waals surface area (Å²) in [7, 11) is 1.84. The Labute approximate surface area is 103 Å². The van der Waals surface area contributed by atoms with E-state index in [1.54, 1.807) is 16.9 Å². The normalized spacial score (nSPS) is 13.0. The molecular weight excluding hydrogens is 230 g/mol. The van der Waals surface area contributed by atoms with E-state index in [4.69, 9.17) is 11.5 Å². The summed E-state index contributed by atoms with van der Waals surface area (Å²) in [5, 5.41) is 4.09. The van der Waals surface area contributed by atoms with Crippen LogP contribution < -0.4 is 11.5 Å². The number of nitrogens with one attached hydrogen (secondary N) is 1. The third-order valence-electron chi connectivity index (χ3n) is 2.76. The van der Waals surface area contributed by atoms with Crippen LogP contribution in [-0.2, 0) is 7.05 Å². The molecular formula is C11H13N7. The first-order chi connectivity index (χ1) is 8.63. The Morgan fingerprint density at radius 2 is 2.17 bits per heavy atom. The molecule has 0 aliphatic rings. The molecule has 1 unspecified atom stereocenters. The van der Waals surface area contributed by atoms with Crippen molar-refractivity contribution >= 4 is 17.0 Å². The summed E-state index contributed by atoms with van der Waals surface area (Å²) in [6.45, 7) is 0. The molecule has 0 aliphatic heterocycles. The number of aromatic nitrogens is 5. The van der Waals surface area contributed by atoms with E-state index >= 15 is 0 Å². The van der Waals surface area contributed by atoms with Crippen molar-refractivity contribution in [1.82, 2.24) is 24.7 Å². The average molecular weight is 243 g/mol. The second-order valence-corrected chi connectivity index (χ2v) is 4.15. The molecule has 3 heterocycles. The highest BCUT2D eigenvalue weighted by Crippen LogP contribution is 2.19. The summed E-state index contributed by atoms with van der Waals surface area (Å²) in [6.07, 6.45) is 3.58. The summed E-state index contributed by atoms with van der Waals surface area (Å²) in [5.74, 6) is 1.09. The van der Waals surface area contributed by atoms with Crippen LogP contribution in [0.25, 0.3) is 11.2 Å². The maximum Gasteiger partial charge on any atom is 0.179 e. The van der Waals surface area contributed by atoms with Crippen molar-refractivity contribution < 1.29 is 0 Å². The van der Waals surface area contributed by atoms with Gasteiger partial charge in [0.05, 0.1) is 17.8 Å².